The molecule has 0 heteroatoms. The summed E-state index contributed by atoms with van der Waals surface area (Å²) < 4.78 is 0. The molecule has 0 aromatic heterocycles. The molecule has 0 aromatic carbocycles. The molecule has 2 saturated carbocycles. The quantitative estimate of drug-likeness (QED) is 0.509. The third-order valence-electron chi connectivity index (χ3n) is 7.79. The lowest BCUT2D eigenvalue weighted by Gasteiger charge is -2.56. The summed E-state index contributed by atoms with van der Waals surface area (Å²) in [5, 5.41) is 0. The average Bonchev–Trinajstić information content (AvgIpc) is 2.54. The van der Waals surface area contributed by atoms with Crippen LogP contribution in [0, 0.1) is 22.7 Å². The molecule has 2 aliphatic carbocycles. The minimum absolute atomic E-state index is 0.574. The molecule has 0 aromatic rings. The molecular weight excluding hydrogens is 240 g/mol. The monoisotopic (exact) mass is 278 g/mol. The van der Waals surface area contributed by atoms with E-state index in [9.17, 15) is 0 Å². The highest BCUT2D eigenvalue weighted by Crippen LogP contribution is 2.59. The van der Waals surface area contributed by atoms with Gasteiger partial charge in [0.25, 0.3) is 0 Å². The Balaban J connectivity index is 2.23. The zero-order valence-electron chi connectivity index (χ0n) is 14.6. The second kappa shape index (κ2) is 6.84. The van der Waals surface area contributed by atoms with Gasteiger partial charge in [-0.1, -0.05) is 66.2 Å². The van der Waals surface area contributed by atoms with Crippen molar-refractivity contribution in [3.05, 3.63) is 0 Å². The maximum Gasteiger partial charge on any atom is -0.0244 e. The Morgan fingerprint density at radius 2 is 0.900 bits per heavy atom. The number of hydrogen-bond acceptors (Lipinski definition) is 0. The Bertz CT molecular complexity index is 252. The summed E-state index contributed by atoms with van der Waals surface area (Å²) in [4.78, 5) is 0. The van der Waals surface area contributed by atoms with Gasteiger partial charge in [0.2, 0.25) is 0 Å². The van der Waals surface area contributed by atoms with Crippen molar-refractivity contribution in [2.75, 3.05) is 0 Å². The van der Waals surface area contributed by atoms with Crippen molar-refractivity contribution in [2.24, 2.45) is 22.7 Å². The molecule has 0 amide bonds. The van der Waals surface area contributed by atoms with E-state index in [1.54, 1.807) is 0 Å². The Hall–Kier alpha value is 0. The summed E-state index contributed by atoms with van der Waals surface area (Å²) in [6.45, 7) is 10.3. The van der Waals surface area contributed by atoms with Crippen LogP contribution in [0.4, 0.5) is 0 Å². The van der Waals surface area contributed by atoms with Gasteiger partial charge in [0.05, 0.1) is 0 Å². The number of rotatable bonds is 5. The van der Waals surface area contributed by atoms with Crippen LogP contribution in [0.15, 0.2) is 0 Å². The lowest BCUT2D eigenvalue weighted by atomic mass is 9.48. The molecule has 0 spiro atoms. The normalized spacial score (nSPS) is 28.8. The molecule has 2 fully saturated rings. The van der Waals surface area contributed by atoms with Crippen LogP contribution in [-0.2, 0) is 0 Å². The highest BCUT2D eigenvalue weighted by Gasteiger charge is 2.50. The van der Waals surface area contributed by atoms with Gasteiger partial charge in [-0.3, -0.25) is 0 Å². The fourth-order valence-corrected chi connectivity index (χ4v) is 5.80. The van der Waals surface area contributed by atoms with E-state index >= 15 is 0 Å². The first-order valence-electron chi connectivity index (χ1n) is 9.58. The minimum Gasteiger partial charge on any atom is -0.0648 e. The zero-order valence-corrected chi connectivity index (χ0v) is 14.6. The standard InChI is InChI=1S/C20H38/c1-5-19(3,17-13-9-7-10-14-17)20(4,6-2)18-15-11-8-12-16-18/h17-18H,5-16H2,1-4H3. The molecule has 118 valence electrons. The SMILES string of the molecule is CCC(C)(C1CCCCC1)C(C)(CC)C1CCCCC1. The van der Waals surface area contributed by atoms with E-state index in [0.29, 0.717) is 10.8 Å². The smallest absolute Gasteiger partial charge is 0.0244 e. The van der Waals surface area contributed by atoms with Gasteiger partial charge in [0, 0.05) is 0 Å². The van der Waals surface area contributed by atoms with Crippen LogP contribution in [0.1, 0.15) is 105 Å². The average molecular weight is 279 g/mol. The molecule has 2 aliphatic rings. The van der Waals surface area contributed by atoms with Crippen molar-refractivity contribution in [3.8, 4) is 0 Å². The third-order valence-corrected chi connectivity index (χ3v) is 7.79. The third kappa shape index (κ3) is 2.81. The van der Waals surface area contributed by atoms with Crippen LogP contribution in [0.3, 0.4) is 0 Å². The Morgan fingerprint density at radius 1 is 0.600 bits per heavy atom. The molecule has 20 heavy (non-hydrogen) atoms. The minimum atomic E-state index is 0.574. The molecule has 0 bridgehead atoms. The highest BCUT2D eigenvalue weighted by atomic mass is 14.6. The van der Waals surface area contributed by atoms with Crippen LogP contribution < -0.4 is 0 Å². The van der Waals surface area contributed by atoms with Gasteiger partial charge < -0.3 is 0 Å². The van der Waals surface area contributed by atoms with Crippen molar-refractivity contribution in [3.63, 3.8) is 0 Å². The topological polar surface area (TPSA) is 0 Å². The van der Waals surface area contributed by atoms with Gasteiger partial charge in [0.1, 0.15) is 0 Å². The van der Waals surface area contributed by atoms with E-state index in [-0.39, 0.29) is 0 Å². The van der Waals surface area contributed by atoms with Crippen molar-refractivity contribution in [1.29, 1.82) is 0 Å². The molecule has 2 unspecified atom stereocenters. The van der Waals surface area contributed by atoms with E-state index in [1.807, 2.05) is 0 Å². The van der Waals surface area contributed by atoms with Gasteiger partial charge >= 0.3 is 0 Å². The maximum absolute atomic E-state index is 2.67. The lowest BCUT2D eigenvalue weighted by molar-refractivity contribution is -0.0709. The fraction of sp³-hybridized carbons (Fsp3) is 1.00. The molecular formula is C20H38. The van der Waals surface area contributed by atoms with Crippen molar-refractivity contribution >= 4 is 0 Å². The van der Waals surface area contributed by atoms with Crippen molar-refractivity contribution in [2.45, 2.75) is 105 Å². The Kier molecular flexibility index (Phi) is 5.60. The van der Waals surface area contributed by atoms with E-state index in [4.69, 9.17) is 0 Å². The predicted molar refractivity (Wildman–Crippen MR) is 89.9 cm³/mol. The zero-order chi connectivity index (χ0) is 14.6. The molecule has 0 aliphatic heterocycles. The first kappa shape index (κ1) is 16.4. The molecule has 0 saturated heterocycles. The second-order valence-corrected chi connectivity index (χ2v) is 8.21. The first-order chi connectivity index (χ1) is 9.58. The molecule has 0 heterocycles. The van der Waals surface area contributed by atoms with E-state index in [0.717, 1.165) is 11.8 Å². The van der Waals surface area contributed by atoms with Crippen molar-refractivity contribution in [1.82, 2.24) is 0 Å². The first-order valence-corrected chi connectivity index (χ1v) is 9.58. The summed E-state index contributed by atoms with van der Waals surface area (Å²) in [5.74, 6) is 1.99. The van der Waals surface area contributed by atoms with Crippen LogP contribution in [-0.4, -0.2) is 0 Å². The summed E-state index contributed by atoms with van der Waals surface area (Å²) >= 11 is 0. The van der Waals surface area contributed by atoms with Gasteiger partial charge in [-0.2, -0.15) is 0 Å². The van der Waals surface area contributed by atoms with Gasteiger partial charge in [-0.25, -0.2) is 0 Å². The molecule has 0 radical (unpaired) electrons. The maximum atomic E-state index is 2.67. The summed E-state index contributed by atoms with van der Waals surface area (Å²) in [7, 11) is 0. The van der Waals surface area contributed by atoms with Gasteiger partial charge in [-0.05, 0) is 61.2 Å². The molecule has 2 atom stereocenters. The van der Waals surface area contributed by atoms with E-state index in [1.165, 1.54) is 77.0 Å². The van der Waals surface area contributed by atoms with Crippen LogP contribution in [0.5, 0.6) is 0 Å². The van der Waals surface area contributed by atoms with E-state index in [2.05, 4.69) is 27.7 Å². The van der Waals surface area contributed by atoms with Gasteiger partial charge in [0.15, 0.2) is 0 Å². The van der Waals surface area contributed by atoms with Crippen LogP contribution >= 0.6 is 0 Å². The summed E-state index contributed by atoms with van der Waals surface area (Å²) in [5.41, 5.74) is 1.15. The molecule has 0 nitrogen and oxygen atoms in total. The molecule has 0 N–H and O–H groups in total. The van der Waals surface area contributed by atoms with Gasteiger partial charge in [-0.15, -0.1) is 0 Å². The van der Waals surface area contributed by atoms with Crippen LogP contribution in [0.25, 0.3) is 0 Å². The fourth-order valence-electron chi connectivity index (χ4n) is 5.80. The lowest BCUT2D eigenvalue weighted by Crippen LogP contribution is -2.48. The predicted octanol–water partition coefficient (Wildman–Crippen LogP) is 6.98. The second-order valence-electron chi connectivity index (χ2n) is 8.21. The van der Waals surface area contributed by atoms with E-state index < -0.39 is 0 Å². The summed E-state index contributed by atoms with van der Waals surface area (Å²) in [6.07, 6.45) is 17.7. The Labute approximate surface area is 128 Å². The molecule has 2 rings (SSSR count). The van der Waals surface area contributed by atoms with Crippen LogP contribution in [0.2, 0.25) is 0 Å². The highest BCUT2D eigenvalue weighted by molar-refractivity contribution is 5.00. The largest absolute Gasteiger partial charge is 0.0648 e. The Morgan fingerprint density at radius 3 is 1.15 bits per heavy atom. The summed E-state index contributed by atoms with van der Waals surface area (Å²) in [6, 6.07) is 0. The van der Waals surface area contributed by atoms with Crippen molar-refractivity contribution < 1.29 is 0 Å². The number of hydrogen-bond donors (Lipinski definition) is 0.